The van der Waals surface area contributed by atoms with Crippen LogP contribution in [0.5, 0.6) is 0 Å². The Hall–Kier alpha value is -0.460. The average Bonchev–Trinajstić information content (AvgIpc) is 2.68. The van der Waals surface area contributed by atoms with Crippen LogP contribution >= 0.6 is 11.3 Å². The zero-order valence-electron chi connectivity index (χ0n) is 8.73. The highest BCUT2D eigenvalue weighted by Gasteiger charge is 2.27. The number of rotatable bonds is 3. The maximum absolute atomic E-state index is 5.65. The predicted molar refractivity (Wildman–Crippen MR) is 59.7 cm³/mol. The van der Waals surface area contributed by atoms with E-state index in [-0.39, 0.29) is 12.1 Å². The standard InChI is InChI=1S/C10H16N2O2S/c1-7-2-5-15-10(7)9(12-11)8-6-13-3-4-14-8/h2,5,8-9,12H,3-4,6,11H2,1H3. The molecule has 1 saturated heterocycles. The average molecular weight is 228 g/mol. The molecule has 1 aliphatic heterocycles. The van der Waals surface area contributed by atoms with Gasteiger partial charge in [0.25, 0.3) is 0 Å². The molecule has 2 rings (SSSR count). The minimum Gasteiger partial charge on any atom is -0.376 e. The number of hydrazine groups is 1. The highest BCUT2D eigenvalue weighted by Crippen LogP contribution is 2.28. The van der Waals surface area contributed by atoms with Crippen LogP contribution in [0.1, 0.15) is 16.5 Å². The Bertz CT molecular complexity index is 310. The van der Waals surface area contributed by atoms with Gasteiger partial charge >= 0.3 is 0 Å². The molecule has 1 aromatic rings. The van der Waals surface area contributed by atoms with Gasteiger partial charge in [0.2, 0.25) is 0 Å². The van der Waals surface area contributed by atoms with Gasteiger partial charge in [0.05, 0.1) is 25.9 Å². The van der Waals surface area contributed by atoms with Crippen LogP contribution in [0.2, 0.25) is 0 Å². The Morgan fingerprint density at radius 3 is 3.00 bits per heavy atom. The highest BCUT2D eigenvalue weighted by molar-refractivity contribution is 7.10. The third-order valence-corrected chi connectivity index (χ3v) is 3.68. The Kier molecular flexibility index (Phi) is 3.71. The molecule has 4 nitrogen and oxygen atoms in total. The fourth-order valence-corrected chi connectivity index (χ4v) is 2.79. The minimum atomic E-state index is 0.0149. The van der Waals surface area contributed by atoms with Gasteiger partial charge in [-0.15, -0.1) is 11.3 Å². The lowest BCUT2D eigenvalue weighted by atomic mass is 10.1. The van der Waals surface area contributed by atoms with E-state index in [1.807, 2.05) is 0 Å². The summed E-state index contributed by atoms with van der Waals surface area (Å²) in [5.74, 6) is 5.58. The van der Waals surface area contributed by atoms with E-state index in [1.165, 1.54) is 10.4 Å². The highest BCUT2D eigenvalue weighted by atomic mass is 32.1. The summed E-state index contributed by atoms with van der Waals surface area (Å²) in [6.45, 7) is 4.01. The summed E-state index contributed by atoms with van der Waals surface area (Å²) in [5, 5.41) is 2.07. The maximum atomic E-state index is 5.65. The van der Waals surface area contributed by atoms with E-state index in [0.717, 1.165) is 0 Å². The fraction of sp³-hybridized carbons (Fsp3) is 0.600. The molecule has 2 heterocycles. The summed E-state index contributed by atoms with van der Waals surface area (Å²) in [5.41, 5.74) is 4.07. The molecule has 0 amide bonds. The van der Waals surface area contributed by atoms with Gasteiger partial charge in [0.1, 0.15) is 6.10 Å². The van der Waals surface area contributed by atoms with Gasteiger partial charge in [0.15, 0.2) is 0 Å². The minimum absolute atomic E-state index is 0.0149. The van der Waals surface area contributed by atoms with Crippen LogP contribution in [-0.2, 0) is 9.47 Å². The summed E-state index contributed by atoms with van der Waals surface area (Å²) in [6, 6.07) is 2.12. The second-order valence-electron chi connectivity index (χ2n) is 3.60. The lowest BCUT2D eigenvalue weighted by molar-refractivity contribution is -0.102. The van der Waals surface area contributed by atoms with Crippen molar-refractivity contribution in [2.75, 3.05) is 19.8 Å². The lowest BCUT2D eigenvalue weighted by Crippen LogP contribution is -2.43. The fourth-order valence-electron chi connectivity index (χ4n) is 1.75. The largest absolute Gasteiger partial charge is 0.376 e. The van der Waals surface area contributed by atoms with Crippen LogP contribution in [0.15, 0.2) is 11.4 Å². The molecular weight excluding hydrogens is 212 g/mol. The monoisotopic (exact) mass is 228 g/mol. The Balaban J connectivity index is 2.12. The molecular formula is C10H16N2O2S. The zero-order valence-corrected chi connectivity index (χ0v) is 9.55. The Morgan fingerprint density at radius 2 is 2.47 bits per heavy atom. The molecule has 2 unspecified atom stereocenters. The van der Waals surface area contributed by atoms with E-state index in [1.54, 1.807) is 11.3 Å². The topological polar surface area (TPSA) is 56.5 Å². The van der Waals surface area contributed by atoms with E-state index < -0.39 is 0 Å². The number of aryl methyl sites for hydroxylation is 1. The van der Waals surface area contributed by atoms with Gasteiger partial charge in [-0.1, -0.05) is 0 Å². The van der Waals surface area contributed by atoms with Crippen LogP contribution in [0.25, 0.3) is 0 Å². The Morgan fingerprint density at radius 1 is 1.60 bits per heavy atom. The molecule has 0 aliphatic carbocycles. The first-order chi connectivity index (χ1) is 7.33. The van der Waals surface area contributed by atoms with Gasteiger partial charge in [0, 0.05) is 4.88 Å². The normalized spacial score (nSPS) is 24.0. The Labute approximate surface area is 93.3 Å². The molecule has 0 radical (unpaired) electrons. The predicted octanol–water partition coefficient (Wildman–Crippen LogP) is 0.976. The van der Waals surface area contributed by atoms with Crippen LogP contribution in [0.4, 0.5) is 0 Å². The SMILES string of the molecule is Cc1ccsc1C(NN)C1COCCO1. The maximum Gasteiger partial charge on any atom is 0.102 e. The van der Waals surface area contributed by atoms with Gasteiger partial charge in [-0.2, -0.15) is 0 Å². The smallest absolute Gasteiger partial charge is 0.102 e. The van der Waals surface area contributed by atoms with Crippen LogP contribution < -0.4 is 11.3 Å². The summed E-state index contributed by atoms with van der Waals surface area (Å²) >= 11 is 1.70. The van der Waals surface area contributed by atoms with Crippen molar-refractivity contribution in [1.29, 1.82) is 0 Å². The van der Waals surface area contributed by atoms with Crippen LogP contribution in [0.3, 0.4) is 0 Å². The molecule has 84 valence electrons. The summed E-state index contributed by atoms with van der Waals surface area (Å²) in [4.78, 5) is 1.23. The van der Waals surface area contributed by atoms with Crippen molar-refractivity contribution in [3.05, 3.63) is 21.9 Å². The second-order valence-corrected chi connectivity index (χ2v) is 4.54. The quantitative estimate of drug-likeness (QED) is 0.598. The molecule has 1 aliphatic rings. The first kappa shape index (κ1) is 11.0. The third-order valence-electron chi connectivity index (χ3n) is 2.58. The number of nitrogens with one attached hydrogen (secondary N) is 1. The zero-order chi connectivity index (χ0) is 10.7. The number of ether oxygens (including phenoxy) is 2. The van der Waals surface area contributed by atoms with Crippen molar-refractivity contribution >= 4 is 11.3 Å². The molecule has 3 N–H and O–H groups in total. The van der Waals surface area contributed by atoms with Crippen molar-refractivity contribution in [3.63, 3.8) is 0 Å². The summed E-state index contributed by atoms with van der Waals surface area (Å²) in [7, 11) is 0. The van der Waals surface area contributed by atoms with Crippen molar-refractivity contribution in [2.45, 2.75) is 19.1 Å². The van der Waals surface area contributed by atoms with Gasteiger partial charge in [-0.05, 0) is 23.9 Å². The van der Waals surface area contributed by atoms with Gasteiger partial charge in [-0.25, -0.2) is 5.43 Å². The molecule has 0 aromatic carbocycles. The van der Waals surface area contributed by atoms with E-state index in [4.69, 9.17) is 15.3 Å². The number of hydrogen-bond acceptors (Lipinski definition) is 5. The molecule has 1 aromatic heterocycles. The lowest BCUT2D eigenvalue weighted by Gasteiger charge is -2.29. The van der Waals surface area contributed by atoms with Crippen molar-refractivity contribution < 1.29 is 9.47 Å². The first-order valence-electron chi connectivity index (χ1n) is 5.02. The van der Waals surface area contributed by atoms with Crippen molar-refractivity contribution in [2.24, 2.45) is 5.84 Å². The summed E-state index contributed by atoms with van der Waals surface area (Å²) < 4.78 is 11.0. The number of hydrogen-bond donors (Lipinski definition) is 2. The molecule has 0 spiro atoms. The van der Waals surface area contributed by atoms with Crippen molar-refractivity contribution in [3.8, 4) is 0 Å². The van der Waals surface area contributed by atoms with E-state index in [9.17, 15) is 0 Å². The molecule has 1 fully saturated rings. The van der Waals surface area contributed by atoms with E-state index in [2.05, 4.69) is 23.8 Å². The van der Waals surface area contributed by atoms with Crippen LogP contribution in [0, 0.1) is 6.92 Å². The number of thiophene rings is 1. The van der Waals surface area contributed by atoms with E-state index in [0.29, 0.717) is 19.8 Å². The molecule has 2 atom stereocenters. The molecule has 5 heteroatoms. The van der Waals surface area contributed by atoms with Gasteiger partial charge < -0.3 is 9.47 Å². The third kappa shape index (κ3) is 2.38. The van der Waals surface area contributed by atoms with Crippen LogP contribution in [-0.4, -0.2) is 25.9 Å². The van der Waals surface area contributed by atoms with E-state index >= 15 is 0 Å². The first-order valence-corrected chi connectivity index (χ1v) is 5.90. The van der Waals surface area contributed by atoms with Gasteiger partial charge in [-0.3, -0.25) is 5.84 Å². The molecule has 0 bridgehead atoms. The van der Waals surface area contributed by atoms with Crippen molar-refractivity contribution in [1.82, 2.24) is 5.43 Å². The summed E-state index contributed by atoms with van der Waals surface area (Å²) in [6.07, 6.45) is 0.0149. The molecule has 0 saturated carbocycles. The number of nitrogens with two attached hydrogens (primary N) is 1. The molecule has 15 heavy (non-hydrogen) atoms. The second kappa shape index (κ2) is 5.05.